The van der Waals surface area contributed by atoms with E-state index in [4.69, 9.17) is 0 Å². The van der Waals surface area contributed by atoms with Crippen LogP contribution in [0.25, 0.3) is 0 Å². The molecule has 1 N–H and O–H groups in total. The van der Waals surface area contributed by atoms with E-state index in [2.05, 4.69) is 17.1 Å². The summed E-state index contributed by atoms with van der Waals surface area (Å²) in [5, 5.41) is 3.68. The fraction of sp³-hybridized carbons (Fsp3) is 1.00. The molecule has 0 amide bonds. The summed E-state index contributed by atoms with van der Waals surface area (Å²) in [6.45, 7) is 7.80. The zero-order chi connectivity index (χ0) is 11.0. The van der Waals surface area contributed by atoms with E-state index in [1.807, 2.05) is 0 Å². The lowest BCUT2D eigenvalue weighted by molar-refractivity contribution is 0.157. The smallest absolute Gasteiger partial charge is 0.00967 e. The van der Waals surface area contributed by atoms with E-state index in [1.54, 1.807) is 0 Å². The molecule has 3 aliphatic rings. The van der Waals surface area contributed by atoms with Gasteiger partial charge < -0.3 is 10.2 Å². The number of hydrogen-bond donors (Lipinski definition) is 1. The number of likely N-dealkylation sites (tertiary alicyclic amines) is 1. The van der Waals surface area contributed by atoms with Crippen molar-refractivity contribution in [1.29, 1.82) is 0 Å². The summed E-state index contributed by atoms with van der Waals surface area (Å²) in [7, 11) is 0. The summed E-state index contributed by atoms with van der Waals surface area (Å²) < 4.78 is 0. The molecular weight excluding hydrogens is 232 g/mol. The Morgan fingerprint density at radius 2 is 1.88 bits per heavy atom. The molecule has 0 spiro atoms. The van der Waals surface area contributed by atoms with Crippen LogP contribution in [0.5, 0.6) is 0 Å². The molecule has 2 nitrogen and oxygen atoms in total. The average molecular weight is 259 g/mol. The molecule has 0 aromatic carbocycles. The van der Waals surface area contributed by atoms with Crippen LogP contribution in [0.4, 0.5) is 0 Å². The number of halogens is 1. The van der Waals surface area contributed by atoms with Crippen LogP contribution in [0.1, 0.15) is 39.0 Å². The van der Waals surface area contributed by atoms with Gasteiger partial charge >= 0.3 is 0 Å². The number of rotatable bonds is 3. The van der Waals surface area contributed by atoms with Crippen LogP contribution in [-0.2, 0) is 0 Å². The largest absolute Gasteiger partial charge is 0.314 e. The fourth-order valence-corrected chi connectivity index (χ4v) is 3.64. The second kappa shape index (κ2) is 5.90. The topological polar surface area (TPSA) is 15.3 Å². The Morgan fingerprint density at radius 3 is 2.41 bits per heavy atom. The molecule has 3 fully saturated rings. The van der Waals surface area contributed by atoms with Crippen molar-refractivity contribution in [1.82, 2.24) is 10.2 Å². The van der Waals surface area contributed by atoms with E-state index in [0.717, 1.165) is 23.8 Å². The molecule has 3 rings (SSSR count). The summed E-state index contributed by atoms with van der Waals surface area (Å²) in [6, 6.07) is 0.863. The third-order valence-electron chi connectivity index (χ3n) is 5.07. The van der Waals surface area contributed by atoms with Gasteiger partial charge in [0.15, 0.2) is 0 Å². The molecule has 3 heteroatoms. The van der Waals surface area contributed by atoms with Crippen molar-refractivity contribution < 1.29 is 0 Å². The molecule has 0 radical (unpaired) electrons. The third kappa shape index (κ3) is 3.36. The molecule has 1 saturated carbocycles. The van der Waals surface area contributed by atoms with Gasteiger partial charge in [-0.3, -0.25) is 0 Å². The molecule has 3 unspecified atom stereocenters. The second-order valence-corrected chi connectivity index (χ2v) is 6.31. The molecule has 0 aromatic rings. The van der Waals surface area contributed by atoms with E-state index in [0.29, 0.717) is 0 Å². The normalized spacial score (nSPS) is 39.0. The van der Waals surface area contributed by atoms with Crippen LogP contribution in [0.2, 0.25) is 0 Å². The predicted molar refractivity (Wildman–Crippen MR) is 74.7 cm³/mol. The van der Waals surface area contributed by atoms with Gasteiger partial charge in [0.25, 0.3) is 0 Å². The Morgan fingerprint density at radius 1 is 1.18 bits per heavy atom. The van der Waals surface area contributed by atoms with E-state index in [9.17, 15) is 0 Å². The van der Waals surface area contributed by atoms with E-state index in [-0.39, 0.29) is 12.4 Å². The predicted octanol–water partition coefficient (Wildman–Crippen LogP) is 2.53. The molecule has 3 atom stereocenters. The van der Waals surface area contributed by atoms with Crippen LogP contribution in [0.3, 0.4) is 0 Å². The van der Waals surface area contributed by atoms with Crippen molar-refractivity contribution in [3.05, 3.63) is 0 Å². The molecule has 2 saturated heterocycles. The maximum atomic E-state index is 3.68. The first-order valence-corrected chi connectivity index (χ1v) is 7.28. The summed E-state index contributed by atoms with van der Waals surface area (Å²) >= 11 is 0. The average Bonchev–Trinajstić information content (AvgIpc) is 2.83. The van der Waals surface area contributed by atoms with Crippen molar-refractivity contribution in [3.63, 3.8) is 0 Å². The van der Waals surface area contributed by atoms with E-state index >= 15 is 0 Å². The van der Waals surface area contributed by atoms with Gasteiger partial charge in [-0.25, -0.2) is 0 Å². The summed E-state index contributed by atoms with van der Waals surface area (Å²) in [5.41, 5.74) is 0. The van der Waals surface area contributed by atoms with Gasteiger partial charge in [0.2, 0.25) is 0 Å². The molecule has 2 heterocycles. The highest BCUT2D eigenvalue weighted by molar-refractivity contribution is 5.85. The van der Waals surface area contributed by atoms with Crippen molar-refractivity contribution in [3.8, 4) is 0 Å². The Hall–Kier alpha value is 0.210. The lowest BCUT2D eigenvalue weighted by Gasteiger charge is -2.35. The third-order valence-corrected chi connectivity index (χ3v) is 5.07. The van der Waals surface area contributed by atoms with Gasteiger partial charge in [-0.05, 0) is 69.5 Å². The highest BCUT2D eigenvalue weighted by atomic mass is 35.5. The monoisotopic (exact) mass is 258 g/mol. The minimum atomic E-state index is 0. The minimum Gasteiger partial charge on any atom is -0.314 e. The lowest BCUT2D eigenvalue weighted by Crippen LogP contribution is -2.41. The molecule has 0 bridgehead atoms. The highest BCUT2D eigenvalue weighted by Gasteiger charge is 2.35. The maximum absolute atomic E-state index is 3.68. The van der Waals surface area contributed by atoms with E-state index < -0.39 is 0 Å². The highest BCUT2D eigenvalue weighted by Crippen LogP contribution is 2.39. The number of nitrogens with one attached hydrogen (secondary N) is 1. The van der Waals surface area contributed by atoms with Gasteiger partial charge in [0.05, 0.1) is 0 Å². The Balaban J connectivity index is 0.00000108. The van der Waals surface area contributed by atoms with Gasteiger partial charge in [-0.2, -0.15) is 0 Å². The standard InChI is InChI=1S/C14H26N2.ClH/c1-11-9-13(11)10-16-7-4-12(5-8-16)14-3-2-6-15-14;/h11-15H,2-10H2,1H3;1H. The fourth-order valence-electron chi connectivity index (χ4n) is 3.64. The first-order valence-electron chi connectivity index (χ1n) is 7.28. The Bertz CT molecular complexity index is 232. The number of hydrogen-bond acceptors (Lipinski definition) is 2. The van der Waals surface area contributed by atoms with Gasteiger partial charge in [-0.1, -0.05) is 6.92 Å². The second-order valence-electron chi connectivity index (χ2n) is 6.31. The van der Waals surface area contributed by atoms with Gasteiger partial charge in [0, 0.05) is 12.6 Å². The Kier molecular flexibility index (Phi) is 4.73. The molecule has 1 aliphatic carbocycles. The van der Waals surface area contributed by atoms with Gasteiger partial charge in [0.1, 0.15) is 0 Å². The summed E-state index contributed by atoms with van der Waals surface area (Å²) in [5.74, 6) is 3.05. The van der Waals surface area contributed by atoms with Crippen LogP contribution in [-0.4, -0.2) is 37.1 Å². The zero-order valence-electron chi connectivity index (χ0n) is 11.0. The molecule has 0 aromatic heterocycles. The zero-order valence-corrected chi connectivity index (χ0v) is 11.8. The number of nitrogens with zero attached hydrogens (tertiary/aromatic N) is 1. The summed E-state index contributed by atoms with van der Waals surface area (Å²) in [6.07, 6.45) is 7.22. The van der Waals surface area contributed by atoms with Crippen molar-refractivity contribution in [2.24, 2.45) is 17.8 Å². The molecule has 100 valence electrons. The lowest BCUT2D eigenvalue weighted by atomic mass is 9.88. The SMILES string of the molecule is CC1CC1CN1CCC(C2CCCN2)CC1.Cl. The van der Waals surface area contributed by atoms with Crippen molar-refractivity contribution >= 4 is 12.4 Å². The molecular formula is C14H27ClN2. The quantitative estimate of drug-likeness (QED) is 0.837. The van der Waals surface area contributed by atoms with Crippen molar-refractivity contribution in [2.75, 3.05) is 26.2 Å². The first kappa shape index (κ1) is 13.6. The van der Waals surface area contributed by atoms with Crippen molar-refractivity contribution in [2.45, 2.75) is 45.1 Å². The maximum Gasteiger partial charge on any atom is 0.00967 e. The Labute approximate surface area is 112 Å². The first-order chi connectivity index (χ1) is 7.83. The number of piperidine rings is 1. The van der Waals surface area contributed by atoms with Gasteiger partial charge in [-0.15, -0.1) is 12.4 Å². The van der Waals surface area contributed by atoms with Crippen LogP contribution in [0.15, 0.2) is 0 Å². The minimum absolute atomic E-state index is 0. The van der Waals surface area contributed by atoms with Crippen LogP contribution < -0.4 is 5.32 Å². The van der Waals surface area contributed by atoms with Crippen LogP contribution in [0, 0.1) is 17.8 Å². The summed E-state index contributed by atoms with van der Waals surface area (Å²) in [4.78, 5) is 2.72. The van der Waals surface area contributed by atoms with Crippen LogP contribution >= 0.6 is 12.4 Å². The molecule has 17 heavy (non-hydrogen) atoms. The van der Waals surface area contributed by atoms with E-state index in [1.165, 1.54) is 58.3 Å². The molecule has 2 aliphatic heterocycles.